The normalized spacial score (nSPS) is 25.3. The van der Waals surface area contributed by atoms with Crippen LogP contribution in [0.4, 0.5) is 11.4 Å². The predicted molar refractivity (Wildman–Crippen MR) is 114 cm³/mol. The molecular formula is C24H20N2O7. The summed E-state index contributed by atoms with van der Waals surface area (Å²) in [6, 6.07) is 11.1. The van der Waals surface area contributed by atoms with Gasteiger partial charge in [0, 0.05) is 17.7 Å². The molecule has 2 aromatic rings. The van der Waals surface area contributed by atoms with Crippen molar-refractivity contribution in [2.75, 3.05) is 11.5 Å². The summed E-state index contributed by atoms with van der Waals surface area (Å²) in [5.41, 5.74) is 0.472. The Morgan fingerprint density at radius 1 is 0.970 bits per heavy atom. The number of rotatable bonds is 6. The number of ether oxygens (including phenoxy) is 1. The van der Waals surface area contributed by atoms with E-state index >= 15 is 0 Å². The lowest BCUT2D eigenvalue weighted by molar-refractivity contribution is -0.384. The van der Waals surface area contributed by atoms with Gasteiger partial charge in [0.25, 0.3) is 5.69 Å². The van der Waals surface area contributed by atoms with Crippen LogP contribution in [0.1, 0.15) is 40.0 Å². The first-order chi connectivity index (χ1) is 15.8. The molecule has 4 atom stereocenters. The first-order valence-electron chi connectivity index (χ1n) is 10.8. The van der Waals surface area contributed by atoms with Crippen molar-refractivity contribution in [1.82, 2.24) is 0 Å². The fourth-order valence-corrected chi connectivity index (χ4v) is 5.50. The van der Waals surface area contributed by atoms with Crippen LogP contribution in [0.2, 0.25) is 0 Å². The van der Waals surface area contributed by atoms with Crippen LogP contribution in [0.3, 0.4) is 0 Å². The lowest BCUT2D eigenvalue weighted by Gasteiger charge is -2.19. The number of benzene rings is 2. The molecule has 168 valence electrons. The van der Waals surface area contributed by atoms with Crippen LogP contribution >= 0.6 is 0 Å². The second-order valence-corrected chi connectivity index (χ2v) is 8.75. The average molecular weight is 448 g/mol. The number of nitrogens with zero attached hydrogens (tertiary/aromatic N) is 2. The molecule has 1 heterocycles. The van der Waals surface area contributed by atoms with Crippen molar-refractivity contribution in [3.63, 3.8) is 0 Å². The maximum atomic E-state index is 13.0. The Balaban J connectivity index is 1.27. The Bertz CT molecular complexity index is 1160. The van der Waals surface area contributed by atoms with Gasteiger partial charge in [-0.25, -0.2) is 4.79 Å². The quantitative estimate of drug-likeness (QED) is 0.219. The predicted octanol–water partition coefficient (Wildman–Crippen LogP) is 3.17. The van der Waals surface area contributed by atoms with Crippen molar-refractivity contribution in [3.8, 4) is 0 Å². The van der Waals surface area contributed by atoms with Crippen molar-refractivity contribution in [3.05, 3.63) is 69.8 Å². The minimum Gasteiger partial charge on any atom is -0.454 e. The second-order valence-electron chi connectivity index (χ2n) is 8.75. The minimum absolute atomic E-state index is 0.115. The SMILES string of the molecule is O=C(COC(=O)c1cccc(N2C(=O)C3C4CCC(C4)C3C2=O)c1)c1ccc([N+](=O)[O-])cc1. The zero-order valence-electron chi connectivity index (χ0n) is 17.5. The second kappa shape index (κ2) is 7.91. The number of anilines is 1. The molecule has 2 amide bonds. The lowest BCUT2D eigenvalue weighted by atomic mass is 9.81. The van der Waals surface area contributed by atoms with E-state index in [4.69, 9.17) is 4.74 Å². The number of fused-ring (bicyclic) bond motifs is 5. The third kappa shape index (κ3) is 3.49. The van der Waals surface area contributed by atoms with Gasteiger partial charge in [0.1, 0.15) is 0 Å². The topological polar surface area (TPSA) is 124 Å². The summed E-state index contributed by atoms with van der Waals surface area (Å²) in [5.74, 6) is -1.67. The number of hydrogen-bond acceptors (Lipinski definition) is 7. The summed E-state index contributed by atoms with van der Waals surface area (Å²) in [4.78, 5) is 62.1. The van der Waals surface area contributed by atoms with Crippen LogP contribution < -0.4 is 4.90 Å². The van der Waals surface area contributed by atoms with Gasteiger partial charge in [0.2, 0.25) is 11.8 Å². The van der Waals surface area contributed by atoms with Crippen molar-refractivity contribution in [2.45, 2.75) is 19.3 Å². The molecule has 9 heteroatoms. The highest BCUT2D eigenvalue weighted by Crippen LogP contribution is 2.56. The largest absolute Gasteiger partial charge is 0.454 e. The Morgan fingerprint density at radius 3 is 2.21 bits per heavy atom. The fourth-order valence-electron chi connectivity index (χ4n) is 5.50. The van der Waals surface area contributed by atoms with Gasteiger partial charge in [-0.05, 0) is 61.4 Å². The maximum absolute atomic E-state index is 13.0. The number of ketones is 1. The molecule has 2 saturated carbocycles. The minimum atomic E-state index is -0.772. The number of carbonyl (C=O) groups excluding carboxylic acids is 4. The summed E-state index contributed by atoms with van der Waals surface area (Å²) in [5, 5.41) is 10.7. The third-order valence-corrected chi connectivity index (χ3v) is 7.00. The molecule has 4 unspecified atom stereocenters. The highest BCUT2D eigenvalue weighted by Gasteiger charge is 2.61. The van der Waals surface area contributed by atoms with Crippen molar-refractivity contribution >= 4 is 34.9 Å². The Morgan fingerprint density at radius 2 is 1.61 bits per heavy atom. The number of amides is 2. The van der Waals surface area contributed by atoms with Crippen LogP contribution in [-0.2, 0) is 14.3 Å². The summed E-state index contributed by atoms with van der Waals surface area (Å²) in [6.45, 7) is -0.546. The van der Waals surface area contributed by atoms with E-state index in [1.54, 1.807) is 12.1 Å². The molecule has 0 N–H and O–H groups in total. The number of hydrogen-bond donors (Lipinski definition) is 0. The Hall–Kier alpha value is -3.88. The standard InChI is InChI=1S/C24H20N2O7/c27-19(13-6-8-17(9-7-13)26(31)32)12-33-24(30)16-2-1-3-18(11-16)25-22(28)20-14-4-5-15(10-14)21(20)23(25)29/h1-3,6-9,11,14-15,20-21H,4-5,10,12H2. The Kier molecular flexibility index (Phi) is 5.03. The molecule has 5 rings (SSSR count). The molecule has 1 aliphatic heterocycles. The van der Waals surface area contributed by atoms with Crippen LogP contribution in [0.15, 0.2) is 48.5 Å². The van der Waals surface area contributed by atoms with E-state index in [-0.39, 0.29) is 52.3 Å². The van der Waals surface area contributed by atoms with Gasteiger partial charge in [-0.2, -0.15) is 0 Å². The molecule has 2 bridgehead atoms. The smallest absolute Gasteiger partial charge is 0.338 e. The summed E-state index contributed by atoms with van der Waals surface area (Å²) >= 11 is 0. The van der Waals surface area contributed by atoms with E-state index in [9.17, 15) is 29.3 Å². The van der Waals surface area contributed by atoms with Crippen LogP contribution in [-0.4, -0.2) is 35.1 Å². The van der Waals surface area contributed by atoms with E-state index in [1.807, 2.05) is 0 Å². The van der Waals surface area contributed by atoms with Gasteiger partial charge in [-0.3, -0.25) is 29.4 Å². The summed E-state index contributed by atoms with van der Waals surface area (Å²) in [7, 11) is 0. The number of nitro benzene ring substituents is 1. The molecular weight excluding hydrogens is 428 g/mol. The highest BCUT2D eigenvalue weighted by atomic mass is 16.6. The van der Waals surface area contributed by atoms with Gasteiger partial charge in [0.15, 0.2) is 12.4 Å². The molecule has 3 aliphatic rings. The summed E-state index contributed by atoms with van der Waals surface area (Å²) in [6.07, 6.45) is 2.90. The van der Waals surface area contributed by atoms with Crippen LogP contribution in [0.25, 0.3) is 0 Å². The van der Waals surface area contributed by atoms with E-state index < -0.39 is 23.3 Å². The average Bonchev–Trinajstić information content (AvgIpc) is 3.51. The van der Waals surface area contributed by atoms with E-state index in [0.717, 1.165) is 19.3 Å². The lowest BCUT2D eigenvalue weighted by Crippen LogP contribution is -2.32. The number of carbonyl (C=O) groups is 4. The van der Waals surface area contributed by atoms with Crippen molar-refractivity contribution in [1.29, 1.82) is 0 Å². The van der Waals surface area contributed by atoms with Gasteiger partial charge in [-0.1, -0.05) is 6.07 Å². The molecule has 3 fully saturated rings. The van der Waals surface area contributed by atoms with E-state index in [2.05, 4.69) is 0 Å². The van der Waals surface area contributed by atoms with Crippen molar-refractivity contribution < 1.29 is 28.8 Å². The summed E-state index contributed by atoms with van der Waals surface area (Å²) < 4.78 is 5.10. The zero-order chi connectivity index (χ0) is 23.3. The zero-order valence-corrected chi connectivity index (χ0v) is 17.5. The maximum Gasteiger partial charge on any atom is 0.338 e. The molecule has 2 aromatic carbocycles. The first kappa shape index (κ1) is 21.0. The van der Waals surface area contributed by atoms with Gasteiger partial charge in [0.05, 0.1) is 28.0 Å². The van der Waals surface area contributed by atoms with Crippen LogP contribution in [0.5, 0.6) is 0 Å². The third-order valence-electron chi connectivity index (χ3n) is 7.00. The first-order valence-corrected chi connectivity index (χ1v) is 10.8. The number of esters is 1. The van der Waals surface area contributed by atoms with Gasteiger partial charge < -0.3 is 4.74 Å². The molecule has 33 heavy (non-hydrogen) atoms. The highest BCUT2D eigenvalue weighted by molar-refractivity contribution is 6.22. The monoisotopic (exact) mass is 448 g/mol. The van der Waals surface area contributed by atoms with E-state index in [1.165, 1.54) is 41.3 Å². The molecule has 0 radical (unpaired) electrons. The number of imide groups is 1. The molecule has 0 spiro atoms. The molecule has 2 aliphatic carbocycles. The van der Waals surface area contributed by atoms with Gasteiger partial charge in [-0.15, -0.1) is 0 Å². The molecule has 0 aromatic heterocycles. The van der Waals surface area contributed by atoms with Gasteiger partial charge >= 0.3 is 5.97 Å². The number of Topliss-reactive ketones (excluding diaryl/α,β-unsaturated/α-hetero) is 1. The fraction of sp³-hybridized carbons (Fsp3) is 0.333. The number of nitro groups is 1. The number of non-ortho nitro benzene ring substituents is 1. The molecule has 1 saturated heterocycles. The molecule has 9 nitrogen and oxygen atoms in total. The Labute approximate surface area is 188 Å². The van der Waals surface area contributed by atoms with Crippen LogP contribution in [0, 0.1) is 33.8 Å². The van der Waals surface area contributed by atoms with Crippen molar-refractivity contribution in [2.24, 2.45) is 23.7 Å². The van der Waals surface area contributed by atoms with E-state index in [0.29, 0.717) is 5.69 Å².